The number of aliphatic carboxylic acids is 3. The van der Waals surface area contributed by atoms with Crippen molar-refractivity contribution in [3.8, 4) is 0 Å². The summed E-state index contributed by atoms with van der Waals surface area (Å²) in [6.45, 7) is 8.01. The lowest BCUT2D eigenvalue weighted by Gasteiger charge is -2.52. The summed E-state index contributed by atoms with van der Waals surface area (Å²) in [7, 11) is 0. The maximum Gasteiger partial charge on any atom is 0.362 e. The zero-order chi connectivity index (χ0) is 28.8. The van der Waals surface area contributed by atoms with E-state index in [2.05, 4.69) is 19.1 Å². The van der Waals surface area contributed by atoms with Crippen molar-refractivity contribution in [2.24, 2.45) is 0 Å². The van der Waals surface area contributed by atoms with Crippen LogP contribution in [0.3, 0.4) is 0 Å². The first-order valence-corrected chi connectivity index (χ1v) is 15.4. The maximum atomic E-state index is 12.5. The average molecular weight is 540 g/mol. The molecule has 0 saturated heterocycles. The lowest BCUT2D eigenvalue weighted by molar-refractivity contribution is -0.975. The van der Waals surface area contributed by atoms with E-state index in [0.717, 1.165) is 32.1 Å². The fourth-order valence-corrected chi connectivity index (χ4v) is 5.91. The minimum Gasteiger partial charge on any atom is -0.544 e. The Bertz CT molecular complexity index is 617. The number of carboxylic acid groups (broad SMARTS) is 3. The number of hydrogen-bond donors (Lipinski definition) is 2. The predicted octanol–water partition coefficient (Wildman–Crippen LogP) is 6.49. The highest BCUT2D eigenvalue weighted by molar-refractivity contribution is 5.77. The van der Waals surface area contributed by atoms with Crippen LogP contribution in [0, 0.1) is 0 Å². The van der Waals surface area contributed by atoms with Crippen molar-refractivity contribution in [1.82, 2.24) is 0 Å². The number of allylic oxidation sites excluding steroid dienone is 2. The number of rotatable bonds is 26. The summed E-state index contributed by atoms with van der Waals surface area (Å²) in [5.41, 5.74) is 0. The van der Waals surface area contributed by atoms with Crippen LogP contribution < -0.4 is 5.11 Å². The fraction of sp³-hybridized carbons (Fsp3) is 0.839. The molecule has 0 aromatic rings. The summed E-state index contributed by atoms with van der Waals surface area (Å²) >= 11 is 0. The highest BCUT2D eigenvalue weighted by atomic mass is 16.4. The van der Waals surface area contributed by atoms with Crippen LogP contribution in [-0.2, 0) is 14.4 Å². The smallest absolute Gasteiger partial charge is 0.362 e. The van der Waals surface area contributed by atoms with E-state index >= 15 is 0 Å². The van der Waals surface area contributed by atoms with Crippen LogP contribution >= 0.6 is 0 Å². The number of unbranched alkanes of at least 4 members (excludes halogenated alkanes) is 10. The van der Waals surface area contributed by atoms with Crippen molar-refractivity contribution < 1.29 is 34.2 Å². The van der Waals surface area contributed by atoms with Gasteiger partial charge in [0, 0.05) is 19.3 Å². The molecule has 0 radical (unpaired) electrons. The second-order valence-corrected chi connectivity index (χ2v) is 10.9. The van der Waals surface area contributed by atoms with E-state index in [1.54, 1.807) is 0 Å². The molecular weight excluding hydrogens is 482 g/mol. The number of carboxylic acids is 3. The number of quaternary nitrogens is 1. The highest BCUT2D eigenvalue weighted by Gasteiger charge is 2.54. The molecule has 0 aliphatic rings. The summed E-state index contributed by atoms with van der Waals surface area (Å²) in [4.78, 5) is 37.5. The van der Waals surface area contributed by atoms with Gasteiger partial charge in [0.15, 0.2) is 12.1 Å². The van der Waals surface area contributed by atoms with Gasteiger partial charge in [-0.25, -0.2) is 9.59 Å². The number of carbonyl (C=O) groups is 3. The van der Waals surface area contributed by atoms with E-state index in [1.807, 2.05) is 20.8 Å². The van der Waals surface area contributed by atoms with Gasteiger partial charge in [-0.05, 0) is 51.4 Å². The van der Waals surface area contributed by atoms with Gasteiger partial charge < -0.3 is 20.1 Å². The number of hydrogen-bond acceptors (Lipinski definition) is 4. The van der Waals surface area contributed by atoms with Crippen molar-refractivity contribution in [1.29, 1.82) is 0 Å². The summed E-state index contributed by atoms with van der Waals surface area (Å²) in [6, 6.07) is -3.34. The minimum absolute atomic E-state index is 0.201. The molecule has 2 N–H and O–H groups in total. The molecule has 0 spiro atoms. The monoisotopic (exact) mass is 539 g/mol. The van der Waals surface area contributed by atoms with Gasteiger partial charge in [0.1, 0.15) is 6.04 Å². The van der Waals surface area contributed by atoms with Gasteiger partial charge in [-0.15, -0.1) is 0 Å². The van der Waals surface area contributed by atoms with Gasteiger partial charge >= 0.3 is 11.9 Å². The van der Waals surface area contributed by atoms with E-state index in [0.29, 0.717) is 25.7 Å². The average Bonchev–Trinajstić information content (AvgIpc) is 2.87. The number of carbonyl (C=O) groups excluding carboxylic acids is 1. The van der Waals surface area contributed by atoms with Crippen LogP contribution in [0.2, 0.25) is 0 Å². The SMILES string of the molecule is CCCCCCCC/C=C/CCCCCC[N+](C(CCC)C(=O)[O-])(C(CCC)C(=O)O)C(CCC)C(=O)O. The molecule has 38 heavy (non-hydrogen) atoms. The van der Waals surface area contributed by atoms with Gasteiger partial charge in [-0.2, -0.15) is 0 Å². The normalized spacial score (nSPS) is 15.7. The quantitative estimate of drug-likeness (QED) is 0.0738. The van der Waals surface area contributed by atoms with Crippen molar-refractivity contribution in [3.05, 3.63) is 12.2 Å². The molecule has 0 aliphatic carbocycles. The van der Waals surface area contributed by atoms with E-state index in [-0.39, 0.29) is 25.8 Å². The van der Waals surface area contributed by atoms with Crippen LogP contribution in [-0.4, -0.2) is 57.3 Å². The first-order valence-electron chi connectivity index (χ1n) is 15.4. The predicted molar refractivity (Wildman–Crippen MR) is 152 cm³/mol. The lowest BCUT2D eigenvalue weighted by Crippen LogP contribution is -2.74. The van der Waals surface area contributed by atoms with Crippen LogP contribution in [0.5, 0.6) is 0 Å². The molecule has 222 valence electrons. The van der Waals surface area contributed by atoms with E-state index < -0.39 is 40.5 Å². The second kappa shape index (κ2) is 22.0. The Morgan fingerprint density at radius 2 is 1.00 bits per heavy atom. The molecule has 0 rings (SSSR count). The van der Waals surface area contributed by atoms with Gasteiger partial charge in [0.05, 0.1) is 12.5 Å². The molecule has 0 aromatic carbocycles. The van der Waals surface area contributed by atoms with Crippen LogP contribution in [0.4, 0.5) is 0 Å². The fourth-order valence-electron chi connectivity index (χ4n) is 5.91. The molecule has 7 heteroatoms. The van der Waals surface area contributed by atoms with E-state index in [4.69, 9.17) is 0 Å². The Kier molecular flexibility index (Phi) is 20.9. The third kappa shape index (κ3) is 12.8. The molecule has 0 heterocycles. The van der Waals surface area contributed by atoms with Crippen LogP contribution in [0.15, 0.2) is 12.2 Å². The molecule has 0 amide bonds. The van der Waals surface area contributed by atoms with Gasteiger partial charge in [-0.3, -0.25) is 4.48 Å². The standard InChI is InChI=1S/C31H57NO6/c1-5-9-10-11-12-13-14-15-16-17-18-19-20-21-25-32(26(22-6-2)29(33)34,27(23-7-3)30(35)36)28(24-8-4)31(37)38/h15-16,26-28H,5-14,17-25H2,1-4H3,(H2-,33,34,35,36,37,38)/b16-15+. The minimum atomic E-state index is -1.34. The zero-order valence-electron chi connectivity index (χ0n) is 24.8. The van der Waals surface area contributed by atoms with E-state index in [1.165, 1.54) is 38.5 Å². The Morgan fingerprint density at radius 1 is 0.605 bits per heavy atom. The van der Waals surface area contributed by atoms with Crippen LogP contribution in [0.25, 0.3) is 0 Å². The Hall–Kier alpha value is -1.89. The largest absolute Gasteiger partial charge is 0.544 e. The van der Waals surface area contributed by atoms with E-state index in [9.17, 15) is 29.7 Å². The Labute approximate surface area is 232 Å². The molecule has 0 saturated carbocycles. The van der Waals surface area contributed by atoms with Gasteiger partial charge in [-0.1, -0.05) is 84.8 Å². The number of nitrogens with zero attached hydrogens (tertiary/aromatic N) is 1. The van der Waals surface area contributed by atoms with Crippen molar-refractivity contribution in [2.45, 2.75) is 161 Å². The van der Waals surface area contributed by atoms with Crippen molar-refractivity contribution in [3.63, 3.8) is 0 Å². The summed E-state index contributed by atoms with van der Waals surface area (Å²) in [5.74, 6) is -3.58. The third-order valence-electron chi connectivity index (χ3n) is 7.83. The van der Waals surface area contributed by atoms with Gasteiger partial charge in [0.25, 0.3) is 0 Å². The first kappa shape index (κ1) is 36.1. The first-order chi connectivity index (χ1) is 18.2. The molecule has 7 nitrogen and oxygen atoms in total. The van der Waals surface area contributed by atoms with Gasteiger partial charge in [0.2, 0.25) is 0 Å². The lowest BCUT2D eigenvalue weighted by atomic mass is 9.91. The molecule has 0 fully saturated rings. The highest BCUT2D eigenvalue weighted by Crippen LogP contribution is 2.34. The Balaban J connectivity index is 5.39. The molecule has 3 atom stereocenters. The molecule has 0 bridgehead atoms. The summed E-state index contributed by atoms with van der Waals surface area (Å²) < 4.78 is -0.444. The third-order valence-corrected chi connectivity index (χ3v) is 7.83. The molecular formula is C31H57NO6. The summed E-state index contributed by atoms with van der Waals surface area (Å²) in [5, 5.41) is 32.9. The molecule has 0 aromatic heterocycles. The van der Waals surface area contributed by atoms with Crippen LogP contribution in [0.1, 0.15) is 143 Å². The maximum absolute atomic E-state index is 12.5. The molecule has 3 unspecified atom stereocenters. The zero-order valence-corrected chi connectivity index (χ0v) is 24.8. The second-order valence-electron chi connectivity index (χ2n) is 10.9. The summed E-state index contributed by atoms with van der Waals surface area (Å²) in [6.07, 6.45) is 20.0. The van der Waals surface area contributed by atoms with Crippen molar-refractivity contribution in [2.75, 3.05) is 6.54 Å². The molecule has 0 aliphatic heterocycles. The topological polar surface area (TPSA) is 115 Å². The Morgan fingerprint density at radius 3 is 1.39 bits per heavy atom. The van der Waals surface area contributed by atoms with Crippen molar-refractivity contribution >= 4 is 17.9 Å².